The number of aryl methyl sites for hydroxylation is 2. The Morgan fingerprint density at radius 2 is 2.00 bits per heavy atom. The molecule has 0 aliphatic rings. The van der Waals surface area contributed by atoms with E-state index in [9.17, 15) is 8.42 Å². The lowest BCUT2D eigenvalue weighted by atomic mass is 10.2. The highest BCUT2D eigenvalue weighted by Crippen LogP contribution is 2.29. The largest absolute Gasteiger partial charge is 0.339 e. The van der Waals surface area contributed by atoms with Crippen molar-refractivity contribution >= 4 is 42.0 Å². The number of hydrogen-bond donors (Lipinski definition) is 0. The Hall–Kier alpha value is -1.37. The first-order valence-corrected chi connectivity index (χ1v) is 9.44. The molecule has 0 bridgehead atoms. The third-order valence-electron chi connectivity index (χ3n) is 3.39. The summed E-state index contributed by atoms with van der Waals surface area (Å²) >= 11 is 1.62. The van der Waals surface area contributed by atoms with E-state index in [1.807, 2.05) is 30.5 Å². The van der Waals surface area contributed by atoms with Gasteiger partial charge in [0.15, 0.2) is 0 Å². The van der Waals surface area contributed by atoms with Crippen LogP contribution in [0.25, 0.3) is 10.9 Å². The first-order chi connectivity index (χ1) is 9.86. The Morgan fingerprint density at radius 3 is 2.62 bits per heavy atom. The van der Waals surface area contributed by atoms with Gasteiger partial charge >= 0.3 is 0 Å². The number of halogens is 1. The van der Waals surface area contributed by atoms with Crippen molar-refractivity contribution in [3.05, 3.63) is 46.0 Å². The third-order valence-corrected chi connectivity index (χ3v) is 5.80. The van der Waals surface area contributed by atoms with Gasteiger partial charge in [-0.3, -0.25) is 0 Å². The van der Waals surface area contributed by atoms with Gasteiger partial charge in [0, 0.05) is 32.7 Å². The summed E-state index contributed by atoms with van der Waals surface area (Å²) in [7, 11) is 1.76. The van der Waals surface area contributed by atoms with Crippen molar-refractivity contribution in [1.29, 1.82) is 0 Å². The van der Waals surface area contributed by atoms with Crippen LogP contribution < -0.4 is 0 Å². The molecule has 0 aliphatic carbocycles. The van der Waals surface area contributed by atoms with Crippen molar-refractivity contribution < 1.29 is 8.42 Å². The van der Waals surface area contributed by atoms with Gasteiger partial charge in [0.05, 0.1) is 12.2 Å². The maximum Gasteiger partial charge on any atom is 0.263 e. The van der Waals surface area contributed by atoms with Gasteiger partial charge in [0.25, 0.3) is 9.05 Å². The van der Waals surface area contributed by atoms with E-state index < -0.39 is 9.05 Å². The van der Waals surface area contributed by atoms with Crippen molar-refractivity contribution in [1.82, 2.24) is 9.55 Å². The molecule has 0 saturated heterocycles. The molecular formula is C14H13ClN2O2S2. The number of benzene rings is 1. The molecular weight excluding hydrogens is 328 g/mol. The summed E-state index contributed by atoms with van der Waals surface area (Å²) in [6.07, 6.45) is 1.58. The molecule has 0 N–H and O–H groups in total. The van der Waals surface area contributed by atoms with Crippen LogP contribution in [-0.4, -0.2) is 18.0 Å². The van der Waals surface area contributed by atoms with E-state index >= 15 is 0 Å². The van der Waals surface area contributed by atoms with Gasteiger partial charge in [-0.15, -0.1) is 11.3 Å². The van der Waals surface area contributed by atoms with Crippen LogP contribution in [0.2, 0.25) is 0 Å². The highest BCUT2D eigenvalue weighted by atomic mass is 35.7. The lowest BCUT2D eigenvalue weighted by Crippen LogP contribution is -1.97. The van der Waals surface area contributed by atoms with Gasteiger partial charge in [-0.1, -0.05) is 18.2 Å². The van der Waals surface area contributed by atoms with Gasteiger partial charge < -0.3 is 4.57 Å². The Morgan fingerprint density at radius 1 is 1.29 bits per heavy atom. The minimum Gasteiger partial charge on any atom is -0.339 e. The van der Waals surface area contributed by atoms with E-state index in [1.54, 1.807) is 29.7 Å². The second kappa shape index (κ2) is 5.12. The minimum absolute atomic E-state index is 0.143. The topological polar surface area (TPSA) is 52.0 Å². The molecule has 0 saturated carbocycles. The monoisotopic (exact) mass is 340 g/mol. The van der Waals surface area contributed by atoms with Gasteiger partial charge in [0.1, 0.15) is 9.90 Å². The van der Waals surface area contributed by atoms with Crippen LogP contribution in [-0.2, 0) is 15.6 Å². The molecule has 0 aliphatic heterocycles. The molecule has 2 heterocycles. The standard InChI is InChI=1S/C14H13ClN2O2S2/c1-9-10(2)20-14(16-9)8-17-7-13(21(15,18)19)11-5-3-4-6-12(11)17/h3-7H,8H2,1-2H3. The van der Waals surface area contributed by atoms with Crippen molar-refractivity contribution in [2.75, 3.05) is 0 Å². The summed E-state index contributed by atoms with van der Waals surface area (Å²) < 4.78 is 25.3. The van der Waals surface area contributed by atoms with Crippen LogP contribution in [0.1, 0.15) is 15.6 Å². The lowest BCUT2D eigenvalue weighted by Gasteiger charge is -2.01. The number of hydrogen-bond acceptors (Lipinski definition) is 4. The Kier molecular flexibility index (Phi) is 3.55. The molecule has 1 aromatic carbocycles. The fourth-order valence-electron chi connectivity index (χ4n) is 2.29. The molecule has 0 atom stereocenters. The van der Waals surface area contributed by atoms with Crippen LogP contribution in [0, 0.1) is 13.8 Å². The van der Waals surface area contributed by atoms with Gasteiger partial charge in [-0.25, -0.2) is 13.4 Å². The second-order valence-electron chi connectivity index (χ2n) is 4.83. The molecule has 3 aromatic rings. The van der Waals surface area contributed by atoms with E-state index in [4.69, 9.17) is 10.7 Å². The molecule has 0 radical (unpaired) electrons. The third kappa shape index (κ3) is 2.71. The summed E-state index contributed by atoms with van der Waals surface area (Å²) in [5.74, 6) is 0. The number of rotatable bonds is 3. The highest BCUT2D eigenvalue weighted by molar-refractivity contribution is 8.14. The zero-order valence-electron chi connectivity index (χ0n) is 11.5. The zero-order chi connectivity index (χ0) is 15.2. The van der Waals surface area contributed by atoms with Crippen molar-refractivity contribution in [3.63, 3.8) is 0 Å². The average molecular weight is 341 g/mol. The normalized spacial score (nSPS) is 12.1. The average Bonchev–Trinajstić information content (AvgIpc) is 2.92. The highest BCUT2D eigenvalue weighted by Gasteiger charge is 2.19. The summed E-state index contributed by atoms with van der Waals surface area (Å²) in [5.41, 5.74) is 1.85. The Balaban J connectivity index is 2.15. The van der Waals surface area contributed by atoms with Crippen LogP contribution in [0.3, 0.4) is 0 Å². The van der Waals surface area contributed by atoms with E-state index in [2.05, 4.69) is 4.98 Å². The maximum absolute atomic E-state index is 11.7. The molecule has 7 heteroatoms. The molecule has 110 valence electrons. The first kappa shape index (κ1) is 14.6. The Bertz CT molecular complexity index is 906. The van der Waals surface area contributed by atoms with Gasteiger partial charge in [0.2, 0.25) is 0 Å². The van der Waals surface area contributed by atoms with Crippen LogP contribution in [0.4, 0.5) is 0 Å². The summed E-state index contributed by atoms with van der Waals surface area (Å²) in [6.45, 7) is 4.53. The number of para-hydroxylation sites is 1. The van der Waals surface area contributed by atoms with Gasteiger partial charge in [-0.2, -0.15) is 0 Å². The second-order valence-corrected chi connectivity index (χ2v) is 8.65. The van der Waals surface area contributed by atoms with Crippen molar-refractivity contribution in [2.45, 2.75) is 25.3 Å². The van der Waals surface area contributed by atoms with E-state index in [0.29, 0.717) is 11.9 Å². The van der Waals surface area contributed by atoms with Gasteiger partial charge in [-0.05, 0) is 19.9 Å². The number of nitrogens with zero attached hydrogens (tertiary/aromatic N) is 2. The quantitative estimate of drug-likeness (QED) is 0.683. The lowest BCUT2D eigenvalue weighted by molar-refractivity contribution is 0.610. The fraction of sp³-hybridized carbons (Fsp3) is 0.214. The summed E-state index contributed by atoms with van der Waals surface area (Å²) in [6, 6.07) is 7.32. The first-order valence-electron chi connectivity index (χ1n) is 6.31. The van der Waals surface area contributed by atoms with E-state index in [-0.39, 0.29) is 4.90 Å². The molecule has 21 heavy (non-hydrogen) atoms. The van der Waals surface area contributed by atoms with E-state index in [1.165, 1.54) is 4.88 Å². The number of thiazole rings is 1. The molecule has 0 unspecified atom stereocenters. The smallest absolute Gasteiger partial charge is 0.263 e. The minimum atomic E-state index is -3.77. The van der Waals surface area contributed by atoms with E-state index in [0.717, 1.165) is 16.2 Å². The predicted octanol–water partition coefficient (Wildman–Crippen LogP) is 3.69. The number of fused-ring (bicyclic) bond motifs is 1. The Labute approximate surface area is 131 Å². The van der Waals surface area contributed by atoms with Crippen LogP contribution in [0.15, 0.2) is 35.4 Å². The molecule has 0 fully saturated rings. The van der Waals surface area contributed by atoms with Crippen molar-refractivity contribution in [3.8, 4) is 0 Å². The van der Waals surface area contributed by atoms with Crippen LogP contribution in [0.5, 0.6) is 0 Å². The van der Waals surface area contributed by atoms with Crippen LogP contribution >= 0.6 is 22.0 Å². The maximum atomic E-state index is 11.7. The molecule has 0 amide bonds. The predicted molar refractivity (Wildman–Crippen MR) is 85.7 cm³/mol. The fourth-order valence-corrected chi connectivity index (χ4v) is 4.28. The molecule has 2 aromatic heterocycles. The van der Waals surface area contributed by atoms with Crippen molar-refractivity contribution in [2.24, 2.45) is 0 Å². The number of aromatic nitrogens is 2. The molecule has 0 spiro atoms. The summed E-state index contributed by atoms with van der Waals surface area (Å²) in [5, 5.41) is 1.58. The summed E-state index contributed by atoms with van der Waals surface area (Å²) in [4.78, 5) is 5.82. The molecule has 3 rings (SSSR count). The SMILES string of the molecule is Cc1nc(Cn2cc(S(=O)(=O)Cl)c3ccccc32)sc1C. The molecule has 4 nitrogen and oxygen atoms in total. The zero-order valence-corrected chi connectivity index (χ0v) is 13.9.